The summed E-state index contributed by atoms with van der Waals surface area (Å²) in [7, 11) is 0. The molecule has 0 bridgehead atoms. The van der Waals surface area contributed by atoms with Crippen molar-refractivity contribution in [2.75, 3.05) is 41.7 Å². The van der Waals surface area contributed by atoms with Crippen LogP contribution in [0, 0.1) is 0 Å². The summed E-state index contributed by atoms with van der Waals surface area (Å²) in [5, 5.41) is 8.32. The van der Waals surface area contributed by atoms with Gasteiger partial charge in [0.05, 0.1) is 0 Å². The number of hydrogen-bond donors (Lipinski definition) is 1. The van der Waals surface area contributed by atoms with E-state index in [0.717, 1.165) is 31.2 Å². The van der Waals surface area contributed by atoms with Gasteiger partial charge in [0.1, 0.15) is 0 Å². The molecule has 0 unspecified atom stereocenters. The SMILES string of the molecule is Nc1nnc(N2CCN(c3ccc(Cl)cc3)CC2)o1. The monoisotopic (exact) mass is 279 g/mol. The van der Waals surface area contributed by atoms with E-state index in [2.05, 4.69) is 15.1 Å². The number of aromatic nitrogens is 2. The molecule has 0 radical (unpaired) electrons. The molecule has 0 spiro atoms. The number of nitrogens with two attached hydrogens (primary N) is 1. The first-order valence-electron chi connectivity index (χ1n) is 6.07. The highest BCUT2D eigenvalue weighted by Gasteiger charge is 2.21. The summed E-state index contributed by atoms with van der Waals surface area (Å²) in [4.78, 5) is 4.34. The standard InChI is InChI=1S/C12H14ClN5O/c13-9-1-3-10(4-2-9)17-5-7-18(8-6-17)12-16-15-11(14)19-12/h1-4H,5-8H2,(H2,14,15). The zero-order valence-electron chi connectivity index (χ0n) is 10.3. The van der Waals surface area contributed by atoms with Crippen LogP contribution in [0.15, 0.2) is 28.7 Å². The second-order valence-corrected chi connectivity index (χ2v) is 4.81. The van der Waals surface area contributed by atoms with Crippen molar-refractivity contribution in [2.24, 2.45) is 0 Å². The lowest BCUT2D eigenvalue weighted by Gasteiger charge is -2.35. The van der Waals surface area contributed by atoms with Crippen LogP contribution in [0.2, 0.25) is 5.02 Å². The van der Waals surface area contributed by atoms with E-state index in [-0.39, 0.29) is 6.01 Å². The summed E-state index contributed by atoms with van der Waals surface area (Å²) < 4.78 is 5.23. The number of piperazine rings is 1. The smallest absolute Gasteiger partial charge is 0.319 e. The topological polar surface area (TPSA) is 71.4 Å². The van der Waals surface area contributed by atoms with Gasteiger partial charge in [-0.1, -0.05) is 21.8 Å². The lowest BCUT2D eigenvalue weighted by Crippen LogP contribution is -2.46. The fraction of sp³-hybridized carbons (Fsp3) is 0.333. The third kappa shape index (κ3) is 2.58. The van der Waals surface area contributed by atoms with Crippen LogP contribution in [0.5, 0.6) is 0 Å². The van der Waals surface area contributed by atoms with Crippen molar-refractivity contribution in [3.8, 4) is 0 Å². The number of benzene rings is 1. The highest BCUT2D eigenvalue weighted by atomic mass is 35.5. The van der Waals surface area contributed by atoms with Crippen LogP contribution in [-0.4, -0.2) is 36.4 Å². The number of anilines is 3. The maximum Gasteiger partial charge on any atom is 0.319 e. The Bertz CT molecular complexity index is 548. The van der Waals surface area contributed by atoms with Crippen molar-refractivity contribution >= 4 is 29.3 Å². The van der Waals surface area contributed by atoms with E-state index in [1.165, 1.54) is 5.69 Å². The lowest BCUT2D eigenvalue weighted by molar-refractivity contribution is 0.527. The predicted molar refractivity (Wildman–Crippen MR) is 74.6 cm³/mol. The second kappa shape index (κ2) is 4.97. The van der Waals surface area contributed by atoms with Crippen molar-refractivity contribution in [1.29, 1.82) is 0 Å². The first kappa shape index (κ1) is 12.1. The molecular weight excluding hydrogens is 266 g/mol. The van der Waals surface area contributed by atoms with Crippen molar-refractivity contribution < 1.29 is 4.42 Å². The first-order chi connectivity index (χ1) is 9.22. The number of nitrogen functional groups attached to an aromatic ring is 1. The Hall–Kier alpha value is -1.95. The van der Waals surface area contributed by atoms with Crippen molar-refractivity contribution in [2.45, 2.75) is 0 Å². The Morgan fingerprint density at radius 2 is 1.63 bits per heavy atom. The Balaban J connectivity index is 1.64. The summed E-state index contributed by atoms with van der Waals surface area (Å²) >= 11 is 5.89. The van der Waals surface area contributed by atoms with Crippen LogP contribution >= 0.6 is 11.6 Å². The minimum absolute atomic E-state index is 0.107. The molecule has 0 amide bonds. The van der Waals surface area contributed by atoms with E-state index in [1.54, 1.807) is 0 Å². The highest BCUT2D eigenvalue weighted by Crippen LogP contribution is 2.21. The third-order valence-corrected chi connectivity index (χ3v) is 3.42. The number of halogens is 1. The minimum Gasteiger partial charge on any atom is -0.390 e. The van der Waals surface area contributed by atoms with Crippen molar-refractivity contribution in [1.82, 2.24) is 10.2 Å². The van der Waals surface area contributed by atoms with Gasteiger partial charge in [0.2, 0.25) is 0 Å². The number of nitrogens with zero attached hydrogens (tertiary/aromatic N) is 4. The van der Waals surface area contributed by atoms with E-state index in [4.69, 9.17) is 21.8 Å². The Labute approximate surface area is 115 Å². The predicted octanol–water partition coefficient (Wildman–Crippen LogP) is 1.63. The van der Waals surface area contributed by atoms with Crippen LogP contribution in [0.1, 0.15) is 0 Å². The van der Waals surface area contributed by atoms with E-state index >= 15 is 0 Å². The summed E-state index contributed by atoms with van der Waals surface area (Å²) in [5.41, 5.74) is 6.60. The Morgan fingerprint density at radius 3 is 2.21 bits per heavy atom. The molecule has 1 fully saturated rings. The van der Waals surface area contributed by atoms with Gasteiger partial charge in [-0.25, -0.2) is 0 Å². The average molecular weight is 280 g/mol. The Kier molecular flexibility index (Phi) is 3.16. The third-order valence-electron chi connectivity index (χ3n) is 3.17. The molecule has 6 nitrogen and oxygen atoms in total. The Morgan fingerprint density at radius 1 is 1.00 bits per heavy atom. The van der Waals surface area contributed by atoms with Gasteiger partial charge in [-0.3, -0.25) is 0 Å². The van der Waals surface area contributed by atoms with Gasteiger partial charge in [0.25, 0.3) is 0 Å². The van der Waals surface area contributed by atoms with Crippen LogP contribution in [0.3, 0.4) is 0 Å². The van der Waals surface area contributed by atoms with Crippen molar-refractivity contribution in [3.05, 3.63) is 29.3 Å². The van der Waals surface area contributed by atoms with Crippen LogP contribution < -0.4 is 15.5 Å². The van der Waals surface area contributed by atoms with Gasteiger partial charge in [0.15, 0.2) is 0 Å². The molecule has 0 atom stereocenters. The quantitative estimate of drug-likeness (QED) is 0.901. The van der Waals surface area contributed by atoms with Crippen LogP contribution in [0.25, 0.3) is 0 Å². The minimum atomic E-state index is 0.107. The maximum atomic E-state index is 5.89. The summed E-state index contributed by atoms with van der Waals surface area (Å²) in [5.74, 6) is 0. The first-order valence-corrected chi connectivity index (χ1v) is 6.44. The summed E-state index contributed by atoms with van der Waals surface area (Å²) in [6, 6.07) is 8.47. The van der Waals surface area contributed by atoms with Crippen molar-refractivity contribution in [3.63, 3.8) is 0 Å². The van der Waals surface area contributed by atoms with Crippen LogP contribution in [-0.2, 0) is 0 Å². The largest absolute Gasteiger partial charge is 0.390 e. The van der Waals surface area contributed by atoms with Crippen LogP contribution in [0.4, 0.5) is 17.7 Å². The molecule has 3 rings (SSSR count). The van der Waals surface area contributed by atoms with E-state index in [1.807, 2.05) is 29.2 Å². The summed E-state index contributed by atoms with van der Waals surface area (Å²) in [6.45, 7) is 3.43. The molecule has 1 saturated heterocycles. The zero-order chi connectivity index (χ0) is 13.2. The lowest BCUT2D eigenvalue weighted by atomic mass is 10.2. The summed E-state index contributed by atoms with van der Waals surface area (Å²) in [6.07, 6.45) is 0. The molecule has 1 aromatic heterocycles. The molecule has 2 aromatic rings. The molecule has 7 heteroatoms. The molecule has 1 aliphatic rings. The molecule has 2 N–H and O–H groups in total. The fourth-order valence-corrected chi connectivity index (χ4v) is 2.29. The maximum absolute atomic E-state index is 5.89. The molecule has 0 aliphatic carbocycles. The number of hydrogen-bond acceptors (Lipinski definition) is 6. The average Bonchev–Trinajstić information content (AvgIpc) is 2.87. The van der Waals surface area contributed by atoms with E-state index in [0.29, 0.717) is 6.01 Å². The molecule has 1 aliphatic heterocycles. The van der Waals surface area contributed by atoms with E-state index < -0.39 is 0 Å². The van der Waals surface area contributed by atoms with Gasteiger partial charge in [-0.05, 0) is 24.3 Å². The normalized spacial score (nSPS) is 15.8. The fourth-order valence-electron chi connectivity index (χ4n) is 2.16. The van der Waals surface area contributed by atoms with Gasteiger partial charge in [-0.15, -0.1) is 0 Å². The zero-order valence-corrected chi connectivity index (χ0v) is 11.0. The van der Waals surface area contributed by atoms with Gasteiger partial charge in [-0.2, -0.15) is 0 Å². The van der Waals surface area contributed by atoms with Gasteiger partial charge in [0, 0.05) is 36.9 Å². The second-order valence-electron chi connectivity index (χ2n) is 4.37. The van der Waals surface area contributed by atoms with Gasteiger partial charge < -0.3 is 20.0 Å². The molecule has 100 valence electrons. The molecule has 19 heavy (non-hydrogen) atoms. The molecule has 2 heterocycles. The highest BCUT2D eigenvalue weighted by molar-refractivity contribution is 6.30. The number of rotatable bonds is 2. The van der Waals surface area contributed by atoms with Gasteiger partial charge >= 0.3 is 12.0 Å². The van der Waals surface area contributed by atoms with E-state index in [9.17, 15) is 0 Å². The molecule has 0 saturated carbocycles. The molecular formula is C12H14ClN5O. The molecule has 1 aromatic carbocycles.